The van der Waals surface area contributed by atoms with Crippen molar-refractivity contribution in [3.05, 3.63) is 47.3 Å². The third-order valence-electron chi connectivity index (χ3n) is 5.01. The third-order valence-corrected chi connectivity index (χ3v) is 5.01. The molecule has 25 heavy (non-hydrogen) atoms. The van der Waals surface area contributed by atoms with E-state index in [1.165, 1.54) is 0 Å². The monoisotopic (exact) mass is 336 g/mol. The summed E-state index contributed by atoms with van der Waals surface area (Å²) < 4.78 is 15.0. The number of anilines is 2. The molecular weight excluding hydrogens is 315 g/mol. The molecular formula is C20H21FN4. The molecule has 1 aromatic carbocycles. The van der Waals surface area contributed by atoms with Crippen LogP contribution >= 0.6 is 0 Å². The molecule has 0 fully saturated rings. The Balaban J connectivity index is 1.95. The molecule has 0 radical (unpaired) electrons. The fourth-order valence-electron chi connectivity index (χ4n) is 3.60. The summed E-state index contributed by atoms with van der Waals surface area (Å²) in [5.41, 5.74) is 11.4. The second-order valence-electron chi connectivity index (χ2n) is 7.01. The van der Waals surface area contributed by atoms with Crippen molar-refractivity contribution in [3.63, 3.8) is 0 Å². The van der Waals surface area contributed by atoms with Gasteiger partial charge in [-0.25, -0.2) is 4.39 Å². The number of nitrogens with zero attached hydrogens (tertiary/aromatic N) is 2. The molecule has 0 saturated carbocycles. The van der Waals surface area contributed by atoms with E-state index in [4.69, 9.17) is 5.73 Å². The van der Waals surface area contributed by atoms with Gasteiger partial charge in [-0.05, 0) is 49.3 Å². The van der Waals surface area contributed by atoms with Crippen molar-refractivity contribution in [2.24, 2.45) is 5.92 Å². The lowest BCUT2D eigenvalue weighted by Gasteiger charge is -2.25. The van der Waals surface area contributed by atoms with Crippen LogP contribution in [0.25, 0.3) is 21.9 Å². The Bertz CT molecular complexity index is 997. The second-order valence-corrected chi connectivity index (χ2v) is 7.01. The van der Waals surface area contributed by atoms with Gasteiger partial charge in [-0.2, -0.15) is 0 Å². The topological polar surface area (TPSA) is 63.8 Å². The van der Waals surface area contributed by atoms with Crippen LogP contribution in [0, 0.1) is 25.6 Å². The van der Waals surface area contributed by atoms with Crippen molar-refractivity contribution in [1.29, 1.82) is 0 Å². The third kappa shape index (κ3) is 2.51. The Morgan fingerprint density at radius 2 is 1.96 bits per heavy atom. The van der Waals surface area contributed by atoms with E-state index in [0.717, 1.165) is 46.6 Å². The average Bonchev–Trinajstić information content (AvgIpc) is 2.58. The van der Waals surface area contributed by atoms with Gasteiger partial charge in [0.25, 0.3) is 0 Å². The number of nitrogens with two attached hydrogens (primary N) is 1. The molecule has 4 nitrogen and oxygen atoms in total. The molecule has 3 N–H and O–H groups in total. The number of halogens is 1. The largest absolute Gasteiger partial charge is 0.396 e. The molecule has 1 aliphatic rings. The number of nitrogens with one attached hydrogen (secondary N) is 1. The van der Waals surface area contributed by atoms with Crippen molar-refractivity contribution in [1.82, 2.24) is 9.97 Å². The molecule has 5 heteroatoms. The van der Waals surface area contributed by atoms with E-state index in [0.29, 0.717) is 16.9 Å². The summed E-state index contributed by atoms with van der Waals surface area (Å²) in [5.74, 6) is 0.140. The van der Waals surface area contributed by atoms with Gasteiger partial charge in [0.1, 0.15) is 0 Å². The summed E-state index contributed by atoms with van der Waals surface area (Å²) in [7, 11) is 0. The Labute approximate surface area is 146 Å². The molecule has 1 aliphatic heterocycles. The molecule has 0 bridgehead atoms. The van der Waals surface area contributed by atoms with Crippen molar-refractivity contribution in [2.75, 3.05) is 17.6 Å². The van der Waals surface area contributed by atoms with Crippen LogP contribution < -0.4 is 11.1 Å². The van der Waals surface area contributed by atoms with E-state index >= 15 is 0 Å². The van der Waals surface area contributed by atoms with Crippen LogP contribution in [0.3, 0.4) is 0 Å². The number of pyridine rings is 2. The van der Waals surface area contributed by atoms with Crippen LogP contribution in [0.15, 0.2) is 24.5 Å². The normalized spacial score (nSPS) is 16.6. The van der Waals surface area contributed by atoms with Gasteiger partial charge < -0.3 is 11.1 Å². The van der Waals surface area contributed by atoms with E-state index < -0.39 is 5.82 Å². The molecule has 0 amide bonds. The first-order valence-corrected chi connectivity index (χ1v) is 8.52. The number of fused-ring (bicyclic) bond motifs is 2. The van der Waals surface area contributed by atoms with E-state index in [1.54, 1.807) is 12.4 Å². The van der Waals surface area contributed by atoms with Gasteiger partial charge in [0.15, 0.2) is 5.82 Å². The number of hydrogen-bond donors (Lipinski definition) is 2. The maximum Gasteiger partial charge on any atom is 0.154 e. The van der Waals surface area contributed by atoms with E-state index in [2.05, 4.69) is 22.2 Å². The van der Waals surface area contributed by atoms with Crippen molar-refractivity contribution < 1.29 is 4.39 Å². The first kappa shape index (κ1) is 15.8. The van der Waals surface area contributed by atoms with Gasteiger partial charge in [-0.1, -0.05) is 6.92 Å². The smallest absolute Gasteiger partial charge is 0.154 e. The van der Waals surface area contributed by atoms with E-state index in [9.17, 15) is 4.39 Å². The fraction of sp³-hybridized carbons (Fsp3) is 0.300. The Hall–Kier alpha value is -2.69. The van der Waals surface area contributed by atoms with Gasteiger partial charge in [0.05, 0.1) is 17.1 Å². The molecule has 0 spiro atoms. The predicted octanol–water partition coefficient (Wildman–Crippen LogP) is 4.24. The number of aryl methyl sites for hydroxylation is 1. The van der Waals surface area contributed by atoms with Gasteiger partial charge >= 0.3 is 0 Å². The quantitative estimate of drug-likeness (QED) is 0.653. The van der Waals surface area contributed by atoms with Crippen LogP contribution in [-0.4, -0.2) is 16.5 Å². The van der Waals surface area contributed by atoms with Gasteiger partial charge in [0, 0.05) is 41.1 Å². The van der Waals surface area contributed by atoms with Crippen molar-refractivity contribution in [2.45, 2.75) is 27.2 Å². The summed E-state index contributed by atoms with van der Waals surface area (Å²) in [4.78, 5) is 8.82. The second kappa shape index (κ2) is 5.69. The minimum absolute atomic E-state index is 0.138. The summed E-state index contributed by atoms with van der Waals surface area (Å²) in [6.07, 6.45) is 4.34. The predicted molar refractivity (Wildman–Crippen MR) is 100 cm³/mol. The molecule has 0 saturated heterocycles. The van der Waals surface area contributed by atoms with Gasteiger partial charge in [-0.15, -0.1) is 0 Å². The molecule has 3 aromatic rings. The summed E-state index contributed by atoms with van der Waals surface area (Å²) in [5, 5.41) is 4.98. The lowest BCUT2D eigenvalue weighted by Crippen LogP contribution is -2.22. The summed E-state index contributed by atoms with van der Waals surface area (Å²) in [6.45, 7) is 7.03. The highest BCUT2D eigenvalue weighted by atomic mass is 19.1. The minimum atomic E-state index is -0.410. The highest BCUT2D eigenvalue weighted by Gasteiger charge is 2.22. The highest BCUT2D eigenvalue weighted by Crippen LogP contribution is 2.38. The number of hydrogen-bond acceptors (Lipinski definition) is 4. The summed E-state index contributed by atoms with van der Waals surface area (Å²) in [6, 6.07) is 3.77. The van der Waals surface area contributed by atoms with Crippen LogP contribution in [0.2, 0.25) is 0 Å². The first-order valence-electron chi connectivity index (χ1n) is 8.52. The summed E-state index contributed by atoms with van der Waals surface area (Å²) >= 11 is 0. The Kier molecular flexibility index (Phi) is 3.60. The van der Waals surface area contributed by atoms with Crippen LogP contribution in [0.5, 0.6) is 0 Å². The van der Waals surface area contributed by atoms with E-state index in [1.807, 2.05) is 26.0 Å². The van der Waals surface area contributed by atoms with Crippen LogP contribution in [0.4, 0.5) is 15.8 Å². The maximum absolute atomic E-state index is 15.0. The van der Waals surface area contributed by atoms with Crippen LogP contribution in [0.1, 0.15) is 23.9 Å². The first-order chi connectivity index (χ1) is 12.0. The SMILES string of the molecule is Cc1cc2cc(-c3cnc4c(c3C)NCC(C)C4)c(F)c(N)c2cn1. The van der Waals surface area contributed by atoms with Gasteiger partial charge in [0.2, 0.25) is 0 Å². The molecule has 4 rings (SSSR count). The van der Waals surface area contributed by atoms with Gasteiger partial charge in [-0.3, -0.25) is 9.97 Å². The minimum Gasteiger partial charge on any atom is -0.396 e. The molecule has 128 valence electrons. The molecule has 0 aliphatic carbocycles. The Morgan fingerprint density at radius 1 is 1.16 bits per heavy atom. The van der Waals surface area contributed by atoms with Crippen molar-refractivity contribution in [3.8, 4) is 11.1 Å². The van der Waals surface area contributed by atoms with Crippen LogP contribution in [-0.2, 0) is 6.42 Å². The molecule has 1 unspecified atom stereocenters. The zero-order chi connectivity index (χ0) is 17.7. The van der Waals surface area contributed by atoms with E-state index in [-0.39, 0.29) is 5.69 Å². The average molecular weight is 336 g/mol. The zero-order valence-electron chi connectivity index (χ0n) is 14.7. The fourth-order valence-corrected chi connectivity index (χ4v) is 3.60. The maximum atomic E-state index is 15.0. The zero-order valence-corrected chi connectivity index (χ0v) is 14.7. The molecule has 3 heterocycles. The molecule has 2 aromatic heterocycles. The number of benzene rings is 1. The number of rotatable bonds is 1. The lowest BCUT2D eigenvalue weighted by atomic mass is 9.92. The lowest BCUT2D eigenvalue weighted by molar-refractivity contribution is 0.583. The Morgan fingerprint density at radius 3 is 2.76 bits per heavy atom. The van der Waals surface area contributed by atoms with Crippen molar-refractivity contribution >= 4 is 22.1 Å². The highest BCUT2D eigenvalue weighted by molar-refractivity contribution is 5.97. The number of nitrogen functional groups attached to an aromatic ring is 1. The standard InChI is InChI=1S/C20H21FN4/c1-10-4-17-20(25-7-10)12(3)15(8-24-17)14-6-13-5-11(2)23-9-16(13)19(22)18(14)21/h5-6,8-10,25H,4,7,22H2,1-3H3. The number of aromatic nitrogens is 2. The molecule has 1 atom stereocenters.